The van der Waals surface area contributed by atoms with Gasteiger partial charge >= 0.3 is 6.03 Å². The molecule has 2 aromatic rings. The van der Waals surface area contributed by atoms with Crippen LogP contribution in [0.25, 0.3) is 0 Å². The smallest absolute Gasteiger partial charge is 0.319 e. The van der Waals surface area contributed by atoms with Crippen molar-refractivity contribution in [1.82, 2.24) is 10.6 Å². The van der Waals surface area contributed by atoms with Crippen LogP contribution < -0.4 is 20.7 Å². The summed E-state index contributed by atoms with van der Waals surface area (Å²) in [5.74, 6) is 0.214. The predicted octanol–water partition coefficient (Wildman–Crippen LogP) is 4.25. The summed E-state index contributed by atoms with van der Waals surface area (Å²) in [4.78, 5) is 24.2. The second kappa shape index (κ2) is 12.8. The summed E-state index contributed by atoms with van der Waals surface area (Å²) in [5.41, 5.74) is 1.81. The van der Waals surface area contributed by atoms with Crippen molar-refractivity contribution in [1.29, 1.82) is 0 Å². The highest BCUT2D eigenvalue weighted by Crippen LogP contribution is 2.19. The van der Waals surface area contributed by atoms with Crippen LogP contribution in [0.4, 0.5) is 16.2 Å². The minimum atomic E-state index is -3.70. The van der Waals surface area contributed by atoms with Crippen LogP contribution in [0.2, 0.25) is 0 Å². The normalized spacial score (nSPS) is 12.0. The van der Waals surface area contributed by atoms with Gasteiger partial charge in [-0.3, -0.25) is 9.52 Å². The van der Waals surface area contributed by atoms with Crippen LogP contribution in [0.15, 0.2) is 53.4 Å². The van der Waals surface area contributed by atoms with Crippen LogP contribution in [0.1, 0.15) is 45.1 Å². The molecule has 8 nitrogen and oxygen atoms in total. The lowest BCUT2D eigenvalue weighted by Crippen LogP contribution is -2.40. The molecule has 2 aromatic carbocycles. The summed E-state index contributed by atoms with van der Waals surface area (Å²) < 4.78 is 27.4. The van der Waals surface area contributed by atoms with Crippen molar-refractivity contribution >= 4 is 33.3 Å². The first-order valence-electron chi connectivity index (χ1n) is 11.2. The van der Waals surface area contributed by atoms with Gasteiger partial charge in [0, 0.05) is 17.9 Å². The Labute approximate surface area is 196 Å². The average Bonchev–Trinajstić information content (AvgIpc) is 2.79. The molecule has 0 radical (unpaired) electrons. The topological polar surface area (TPSA) is 116 Å². The molecule has 4 N–H and O–H groups in total. The van der Waals surface area contributed by atoms with Gasteiger partial charge in [-0.1, -0.05) is 50.8 Å². The van der Waals surface area contributed by atoms with E-state index < -0.39 is 16.1 Å². The molecule has 3 amide bonds. The van der Waals surface area contributed by atoms with Crippen molar-refractivity contribution in [3.05, 3.63) is 54.1 Å². The molecule has 0 aliphatic heterocycles. The van der Waals surface area contributed by atoms with E-state index >= 15 is 0 Å². The number of benzene rings is 2. The van der Waals surface area contributed by atoms with E-state index in [0.717, 1.165) is 31.2 Å². The van der Waals surface area contributed by atoms with Crippen LogP contribution >= 0.6 is 0 Å². The Morgan fingerprint density at radius 2 is 1.55 bits per heavy atom. The van der Waals surface area contributed by atoms with E-state index in [0.29, 0.717) is 23.8 Å². The Kier molecular flexibility index (Phi) is 10.2. The highest BCUT2D eigenvalue weighted by atomic mass is 32.2. The van der Waals surface area contributed by atoms with Gasteiger partial charge in [0.05, 0.1) is 11.4 Å². The number of hydrogen-bond acceptors (Lipinski definition) is 4. The van der Waals surface area contributed by atoms with Gasteiger partial charge in [0.15, 0.2) is 0 Å². The monoisotopic (exact) mass is 474 g/mol. The quantitative estimate of drug-likeness (QED) is 0.368. The highest BCUT2D eigenvalue weighted by Gasteiger charge is 2.14. The maximum Gasteiger partial charge on any atom is 0.319 e. The van der Waals surface area contributed by atoms with Crippen LogP contribution in [0.5, 0.6) is 0 Å². The molecule has 0 saturated carbocycles. The number of nitrogens with one attached hydrogen (secondary N) is 4. The molecule has 180 valence electrons. The Balaban J connectivity index is 1.79. The molecule has 0 heterocycles. The van der Waals surface area contributed by atoms with Gasteiger partial charge < -0.3 is 16.0 Å². The van der Waals surface area contributed by atoms with Gasteiger partial charge in [-0.05, 0) is 55.7 Å². The third-order valence-corrected chi connectivity index (χ3v) is 6.66. The number of carbonyl (C=O) groups excluding carboxylic acids is 2. The minimum Gasteiger partial charge on any atom is -0.354 e. The lowest BCUT2D eigenvalue weighted by Gasteiger charge is -2.15. The van der Waals surface area contributed by atoms with Gasteiger partial charge in [0.2, 0.25) is 5.91 Å². The fraction of sp³-hybridized carbons (Fsp3) is 0.417. The van der Waals surface area contributed by atoms with Crippen LogP contribution in [-0.4, -0.2) is 33.4 Å². The zero-order chi connectivity index (χ0) is 24.3. The molecule has 0 spiro atoms. The average molecular weight is 475 g/mol. The van der Waals surface area contributed by atoms with Crippen LogP contribution in [0.3, 0.4) is 0 Å². The third kappa shape index (κ3) is 9.13. The molecule has 2 rings (SSSR count). The number of sulfonamides is 1. The van der Waals surface area contributed by atoms with E-state index in [-0.39, 0.29) is 17.3 Å². The summed E-state index contributed by atoms with van der Waals surface area (Å²) in [6, 6.07) is 12.3. The van der Waals surface area contributed by atoms with Crippen LogP contribution in [0, 0.1) is 12.8 Å². The number of rotatable bonds is 12. The molecule has 0 fully saturated rings. The van der Waals surface area contributed by atoms with E-state index in [4.69, 9.17) is 0 Å². The highest BCUT2D eigenvalue weighted by molar-refractivity contribution is 7.92. The SMILES string of the molecule is CCCCC(CC)CNC(=O)CNC(=O)Nc1ccc(NS(=O)(=O)c2ccc(C)cc2)cc1. The molecule has 0 aliphatic carbocycles. The van der Waals surface area contributed by atoms with Crippen molar-refractivity contribution in [3.63, 3.8) is 0 Å². The Bertz CT molecular complexity index is 1010. The zero-order valence-electron chi connectivity index (χ0n) is 19.5. The summed E-state index contributed by atoms with van der Waals surface area (Å²) >= 11 is 0. The standard InChI is InChI=1S/C24H34N4O4S/c1-4-6-7-19(5-2)16-25-23(29)17-26-24(30)27-20-10-12-21(13-11-20)28-33(31,32)22-14-8-18(3)9-15-22/h8-15,19,28H,4-7,16-17H2,1-3H3,(H,25,29)(H2,26,27,30). The molecule has 1 unspecified atom stereocenters. The zero-order valence-corrected chi connectivity index (χ0v) is 20.3. The van der Waals surface area contributed by atoms with Crippen molar-refractivity contribution < 1.29 is 18.0 Å². The number of unbranched alkanes of at least 4 members (excludes halogenated alkanes) is 1. The van der Waals surface area contributed by atoms with Crippen molar-refractivity contribution in [2.45, 2.75) is 51.3 Å². The third-order valence-electron chi connectivity index (χ3n) is 5.27. The number of anilines is 2. The second-order valence-corrected chi connectivity index (χ2v) is 9.71. The van der Waals surface area contributed by atoms with Gasteiger partial charge in [-0.25, -0.2) is 13.2 Å². The number of hydrogen-bond donors (Lipinski definition) is 4. The van der Waals surface area contributed by atoms with Crippen LogP contribution in [-0.2, 0) is 14.8 Å². The Morgan fingerprint density at radius 3 is 2.15 bits per heavy atom. The van der Waals surface area contributed by atoms with Gasteiger partial charge in [-0.15, -0.1) is 0 Å². The molecular weight excluding hydrogens is 440 g/mol. The largest absolute Gasteiger partial charge is 0.354 e. The van der Waals surface area contributed by atoms with Crippen molar-refractivity contribution in [2.75, 3.05) is 23.1 Å². The summed E-state index contributed by atoms with van der Waals surface area (Å²) in [5, 5.41) is 8.00. The van der Waals surface area contributed by atoms with Gasteiger partial charge in [-0.2, -0.15) is 0 Å². The Hall–Kier alpha value is -3.07. The fourth-order valence-corrected chi connectivity index (χ4v) is 4.21. The maximum atomic E-state index is 12.5. The molecule has 0 aromatic heterocycles. The van der Waals surface area contributed by atoms with E-state index in [1.54, 1.807) is 48.5 Å². The van der Waals surface area contributed by atoms with E-state index in [1.165, 1.54) is 0 Å². The van der Waals surface area contributed by atoms with E-state index in [2.05, 4.69) is 34.5 Å². The molecule has 0 saturated heterocycles. The van der Waals surface area contributed by atoms with E-state index in [9.17, 15) is 18.0 Å². The van der Waals surface area contributed by atoms with Crippen molar-refractivity contribution in [3.8, 4) is 0 Å². The molecule has 1 atom stereocenters. The Morgan fingerprint density at radius 1 is 0.909 bits per heavy atom. The maximum absolute atomic E-state index is 12.5. The first kappa shape index (κ1) is 26.2. The predicted molar refractivity (Wildman–Crippen MR) is 132 cm³/mol. The molecular formula is C24H34N4O4S. The molecule has 33 heavy (non-hydrogen) atoms. The first-order valence-corrected chi connectivity index (χ1v) is 12.7. The van der Waals surface area contributed by atoms with Gasteiger partial charge in [0.25, 0.3) is 10.0 Å². The number of urea groups is 1. The lowest BCUT2D eigenvalue weighted by molar-refractivity contribution is -0.120. The summed E-state index contributed by atoms with van der Waals surface area (Å²) in [7, 11) is -3.70. The minimum absolute atomic E-state index is 0.121. The molecule has 0 bridgehead atoms. The van der Waals surface area contributed by atoms with Gasteiger partial charge in [0.1, 0.15) is 0 Å². The lowest BCUT2D eigenvalue weighted by atomic mass is 9.99. The molecule has 9 heteroatoms. The molecule has 0 aliphatic rings. The fourth-order valence-electron chi connectivity index (χ4n) is 3.15. The van der Waals surface area contributed by atoms with Crippen molar-refractivity contribution in [2.24, 2.45) is 5.92 Å². The first-order chi connectivity index (χ1) is 15.7. The number of amides is 3. The number of carbonyl (C=O) groups is 2. The van der Waals surface area contributed by atoms with E-state index in [1.807, 2.05) is 6.92 Å². The summed E-state index contributed by atoms with van der Waals surface area (Å²) in [6.07, 6.45) is 4.36. The number of aryl methyl sites for hydroxylation is 1. The second-order valence-electron chi connectivity index (χ2n) is 8.02. The summed E-state index contributed by atoms with van der Waals surface area (Å²) in [6.45, 7) is 6.62.